The van der Waals surface area contributed by atoms with Gasteiger partial charge in [-0.3, -0.25) is 9.55 Å². The van der Waals surface area contributed by atoms with Gasteiger partial charge in [-0.1, -0.05) is 152 Å². The van der Waals surface area contributed by atoms with E-state index < -0.39 is 0 Å². The molecule has 3 nitrogen and oxygen atoms in total. The standard InChI is InChI=1S/C46H29N3/c1-2-12-30(13-3-1)33-14-10-15-34(28-33)41-29-47-44(39-20-7-6-18-37(39)41)31-24-26-32(27-25-31)46-48-42-22-11-21-40-36-17-5-4-16-35(36)38-19-8-9-23-43(38)49(46)45(40)42/h1-29H. The average Bonchev–Trinajstić information content (AvgIpc) is 3.52. The second-order valence-corrected chi connectivity index (χ2v) is 12.6. The lowest BCUT2D eigenvalue weighted by Crippen LogP contribution is -1.99. The van der Waals surface area contributed by atoms with E-state index in [4.69, 9.17) is 9.97 Å². The molecule has 3 heterocycles. The molecule has 228 valence electrons. The van der Waals surface area contributed by atoms with E-state index >= 15 is 0 Å². The SMILES string of the molecule is c1ccc(-c2cccc(-c3cnc(-c4ccc(-c5nc6cccc7c6n5-c5ccccc5-c5ccccc5-7)cc4)c4ccccc34)c2)cc1. The molecule has 0 saturated heterocycles. The Balaban J connectivity index is 1.09. The molecule has 10 rings (SSSR count). The zero-order valence-corrected chi connectivity index (χ0v) is 26.6. The molecule has 49 heavy (non-hydrogen) atoms. The Hall–Kier alpha value is -6.58. The van der Waals surface area contributed by atoms with E-state index in [1.165, 1.54) is 38.8 Å². The Morgan fingerprint density at radius 1 is 0.388 bits per heavy atom. The predicted molar refractivity (Wildman–Crippen MR) is 203 cm³/mol. The van der Waals surface area contributed by atoms with Crippen molar-refractivity contribution in [3.8, 4) is 72.8 Å². The summed E-state index contributed by atoms with van der Waals surface area (Å²) in [6.45, 7) is 0. The first-order chi connectivity index (χ1) is 24.3. The van der Waals surface area contributed by atoms with Crippen molar-refractivity contribution >= 4 is 21.8 Å². The molecular formula is C46H29N3. The van der Waals surface area contributed by atoms with Crippen molar-refractivity contribution in [3.63, 3.8) is 0 Å². The van der Waals surface area contributed by atoms with Crippen molar-refractivity contribution in [2.24, 2.45) is 0 Å². The molecule has 0 unspecified atom stereocenters. The van der Waals surface area contributed by atoms with E-state index in [0.29, 0.717) is 0 Å². The van der Waals surface area contributed by atoms with Gasteiger partial charge in [0.15, 0.2) is 0 Å². The Kier molecular flexibility index (Phi) is 6.18. The second kappa shape index (κ2) is 11.0. The van der Waals surface area contributed by atoms with Gasteiger partial charge in [-0.2, -0.15) is 0 Å². The van der Waals surface area contributed by atoms with E-state index in [9.17, 15) is 0 Å². The Morgan fingerprint density at radius 3 is 1.84 bits per heavy atom. The van der Waals surface area contributed by atoms with Gasteiger partial charge in [0.1, 0.15) is 5.82 Å². The van der Waals surface area contributed by atoms with E-state index in [0.717, 1.165) is 55.9 Å². The molecule has 1 aliphatic heterocycles. The summed E-state index contributed by atoms with van der Waals surface area (Å²) in [4.78, 5) is 10.3. The first-order valence-electron chi connectivity index (χ1n) is 16.7. The van der Waals surface area contributed by atoms with Gasteiger partial charge in [0.2, 0.25) is 0 Å². The Morgan fingerprint density at radius 2 is 1.00 bits per heavy atom. The fourth-order valence-electron chi connectivity index (χ4n) is 7.55. The molecule has 9 aromatic rings. The van der Waals surface area contributed by atoms with Crippen LogP contribution in [-0.4, -0.2) is 14.5 Å². The summed E-state index contributed by atoms with van der Waals surface area (Å²) in [6.07, 6.45) is 2.03. The number of aromatic nitrogens is 3. The van der Waals surface area contributed by atoms with Crippen molar-refractivity contribution in [3.05, 3.63) is 176 Å². The third-order valence-corrected chi connectivity index (χ3v) is 9.82. The highest BCUT2D eigenvalue weighted by Crippen LogP contribution is 2.45. The quantitative estimate of drug-likeness (QED) is 0.195. The van der Waals surface area contributed by atoms with Crippen molar-refractivity contribution < 1.29 is 0 Å². The number of nitrogens with zero attached hydrogens (tertiary/aromatic N) is 3. The Bertz CT molecular complexity index is 2700. The highest BCUT2D eigenvalue weighted by Gasteiger charge is 2.25. The van der Waals surface area contributed by atoms with Crippen molar-refractivity contribution in [2.75, 3.05) is 0 Å². The van der Waals surface area contributed by atoms with Crippen LogP contribution >= 0.6 is 0 Å². The van der Waals surface area contributed by atoms with Gasteiger partial charge in [-0.25, -0.2) is 4.98 Å². The van der Waals surface area contributed by atoms with Gasteiger partial charge in [0, 0.05) is 39.4 Å². The minimum Gasteiger partial charge on any atom is -0.291 e. The van der Waals surface area contributed by atoms with Crippen LogP contribution in [0.25, 0.3) is 94.6 Å². The minimum atomic E-state index is 0.931. The fourth-order valence-corrected chi connectivity index (χ4v) is 7.55. The summed E-state index contributed by atoms with van der Waals surface area (Å²) in [7, 11) is 0. The van der Waals surface area contributed by atoms with Gasteiger partial charge in [-0.15, -0.1) is 0 Å². The predicted octanol–water partition coefficient (Wildman–Crippen LogP) is 11.9. The number of rotatable bonds is 4. The molecule has 0 radical (unpaired) electrons. The van der Waals surface area contributed by atoms with E-state index in [1.807, 2.05) is 6.20 Å². The highest BCUT2D eigenvalue weighted by atomic mass is 15.1. The van der Waals surface area contributed by atoms with Crippen LogP contribution in [0.15, 0.2) is 176 Å². The fraction of sp³-hybridized carbons (Fsp3) is 0. The molecule has 0 atom stereocenters. The van der Waals surface area contributed by atoms with Gasteiger partial charge in [-0.05, 0) is 51.4 Å². The van der Waals surface area contributed by atoms with Gasteiger partial charge >= 0.3 is 0 Å². The number of fused-ring (bicyclic) bond motifs is 6. The maximum absolute atomic E-state index is 5.24. The molecule has 1 aliphatic rings. The van der Waals surface area contributed by atoms with Crippen LogP contribution < -0.4 is 0 Å². The minimum absolute atomic E-state index is 0.931. The molecule has 0 spiro atoms. The maximum Gasteiger partial charge on any atom is 0.145 e. The summed E-state index contributed by atoms with van der Waals surface area (Å²) in [5.41, 5.74) is 15.9. The third-order valence-electron chi connectivity index (χ3n) is 9.82. The van der Waals surface area contributed by atoms with Crippen molar-refractivity contribution in [1.82, 2.24) is 14.5 Å². The van der Waals surface area contributed by atoms with Crippen LogP contribution in [-0.2, 0) is 0 Å². The van der Waals surface area contributed by atoms with Crippen LogP contribution in [0.2, 0.25) is 0 Å². The lowest BCUT2D eigenvalue weighted by Gasteiger charge is -2.14. The van der Waals surface area contributed by atoms with E-state index in [1.54, 1.807) is 0 Å². The molecule has 7 aromatic carbocycles. The van der Waals surface area contributed by atoms with Crippen molar-refractivity contribution in [1.29, 1.82) is 0 Å². The number of hydrogen-bond acceptors (Lipinski definition) is 2. The molecule has 0 amide bonds. The van der Waals surface area contributed by atoms with Crippen LogP contribution in [0.5, 0.6) is 0 Å². The second-order valence-electron chi connectivity index (χ2n) is 12.6. The van der Waals surface area contributed by atoms with Crippen LogP contribution in [0, 0.1) is 0 Å². The summed E-state index contributed by atoms with van der Waals surface area (Å²) in [5.74, 6) is 0.931. The average molecular weight is 624 g/mol. The number of hydrogen-bond donors (Lipinski definition) is 0. The molecule has 0 N–H and O–H groups in total. The summed E-state index contributed by atoms with van der Waals surface area (Å²) in [6, 6.07) is 60.4. The summed E-state index contributed by atoms with van der Waals surface area (Å²) < 4.78 is 2.35. The zero-order valence-electron chi connectivity index (χ0n) is 26.6. The smallest absolute Gasteiger partial charge is 0.145 e. The molecular weight excluding hydrogens is 595 g/mol. The van der Waals surface area contributed by atoms with Gasteiger partial charge in [0.05, 0.1) is 22.4 Å². The van der Waals surface area contributed by atoms with Gasteiger partial charge in [0.25, 0.3) is 0 Å². The third kappa shape index (κ3) is 4.37. The van der Waals surface area contributed by atoms with Crippen molar-refractivity contribution in [2.45, 2.75) is 0 Å². The molecule has 0 bridgehead atoms. The highest BCUT2D eigenvalue weighted by molar-refractivity contribution is 6.05. The number of pyridine rings is 1. The van der Waals surface area contributed by atoms with Crippen LogP contribution in [0.3, 0.4) is 0 Å². The molecule has 2 aromatic heterocycles. The first kappa shape index (κ1) is 27.5. The molecule has 0 fully saturated rings. The lowest BCUT2D eigenvalue weighted by molar-refractivity contribution is 1.11. The zero-order chi connectivity index (χ0) is 32.3. The van der Waals surface area contributed by atoms with Crippen LogP contribution in [0.4, 0.5) is 0 Å². The Labute approximate surface area is 284 Å². The lowest BCUT2D eigenvalue weighted by atomic mass is 9.94. The van der Waals surface area contributed by atoms with Gasteiger partial charge < -0.3 is 0 Å². The monoisotopic (exact) mass is 623 g/mol. The molecule has 3 heteroatoms. The maximum atomic E-state index is 5.24. The number of imidazole rings is 1. The molecule has 0 aliphatic carbocycles. The summed E-state index contributed by atoms with van der Waals surface area (Å²) in [5, 5.41) is 2.32. The van der Waals surface area contributed by atoms with Crippen LogP contribution in [0.1, 0.15) is 0 Å². The number of para-hydroxylation sites is 2. The first-order valence-corrected chi connectivity index (χ1v) is 16.7. The van der Waals surface area contributed by atoms with E-state index in [-0.39, 0.29) is 0 Å². The molecule has 0 saturated carbocycles. The number of benzene rings is 7. The normalized spacial score (nSPS) is 11.7. The summed E-state index contributed by atoms with van der Waals surface area (Å²) >= 11 is 0. The topological polar surface area (TPSA) is 30.7 Å². The van der Waals surface area contributed by atoms with E-state index in [2.05, 4.69) is 174 Å². The largest absolute Gasteiger partial charge is 0.291 e.